The minimum Gasteiger partial charge on any atom is -0.414 e. The number of hydrogen-bond donors (Lipinski definition) is 0. The molecule has 0 spiro atoms. The molecule has 1 aliphatic rings. The molecule has 1 fully saturated rings. The summed E-state index contributed by atoms with van der Waals surface area (Å²) in [5.41, 5.74) is 0. The highest BCUT2D eigenvalue weighted by molar-refractivity contribution is 9.09. The third-order valence-corrected chi connectivity index (χ3v) is 4.41. The Kier molecular flexibility index (Phi) is 4.62. The van der Waals surface area contributed by atoms with Crippen LogP contribution in [-0.4, -0.2) is 33.0 Å². The molecular formula is C10H21BrO2Si. The number of alkyl halides is 1. The van der Waals surface area contributed by atoms with Gasteiger partial charge in [0.05, 0.1) is 6.10 Å². The maximum atomic E-state index is 6.12. The van der Waals surface area contributed by atoms with Crippen molar-refractivity contribution in [2.75, 3.05) is 13.7 Å². The average molecular weight is 281 g/mol. The van der Waals surface area contributed by atoms with Gasteiger partial charge in [-0.05, 0) is 38.4 Å². The number of ether oxygens (including phenoxy) is 1. The van der Waals surface area contributed by atoms with E-state index in [2.05, 4.69) is 35.6 Å². The highest BCUT2D eigenvalue weighted by Gasteiger charge is 2.35. The molecule has 0 aromatic heterocycles. The molecule has 0 aromatic rings. The van der Waals surface area contributed by atoms with Gasteiger partial charge >= 0.3 is 0 Å². The van der Waals surface area contributed by atoms with Crippen LogP contribution in [-0.2, 0) is 9.16 Å². The van der Waals surface area contributed by atoms with Gasteiger partial charge in [0.2, 0.25) is 0 Å². The summed E-state index contributed by atoms with van der Waals surface area (Å²) >= 11 is 3.71. The van der Waals surface area contributed by atoms with Crippen LogP contribution in [0.1, 0.15) is 12.8 Å². The van der Waals surface area contributed by atoms with Crippen LogP contribution in [0.25, 0.3) is 0 Å². The first kappa shape index (κ1) is 12.7. The van der Waals surface area contributed by atoms with E-state index in [1.165, 1.54) is 6.42 Å². The van der Waals surface area contributed by atoms with E-state index in [1.54, 1.807) is 7.11 Å². The Bertz CT molecular complexity index is 181. The number of halogens is 1. The van der Waals surface area contributed by atoms with Gasteiger partial charge in [-0.1, -0.05) is 15.9 Å². The molecule has 0 bridgehead atoms. The Labute approximate surface area is 96.6 Å². The third kappa shape index (κ3) is 4.01. The second-order valence-electron chi connectivity index (χ2n) is 5.08. The van der Waals surface area contributed by atoms with Crippen molar-refractivity contribution in [2.45, 2.75) is 43.4 Å². The minimum absolute atomic E-state index is 0.404. The predicted molar refractivity (Wildman–Crippen MR) is 65.5 cm³/mol. The molecule has 0 aromatic carbocycles. The van der Waals surface area contributed by atoms with E-state index >= 15 is 0 Å². The summed E-state index contributed by atoms with van der Waals surface area (Å²) in [6.07, 6.45) is 2.73. The van der Waals surface area contributed by atoms with Crippen LogP contribution >= 0.6 is 15.9 Å². The molecule has 0 aliphatic heterocycles. The van der Waals surface area contributed by atoms with Crippen LogP contribution in [0.15, 0.2) is 0 Å². The van der Waals surface area contributed by atoms with Crippen molar-refractivity contribution in [3.63, 3.8) is 0 Å². The topological polar surface area (TPSA) is 18.5 Å². The first-order chi connectivity index (χ1) is 6.42. The zero-order chi connectivity index (χ0) is 10.8. The molecule has 0 heterocycles. The summed E-state index contributed by atoms with van der Waals surface area (Å²) in [4.78, 5) is 0.523. The van der Waals surface area contributed by atoms with Gasteiger partial charge in [0.15, 0.2) is 8.32 Å². The van der Waals surface area contributed by atoms with Gasteiger partial charge in [0.25, 0.3) is 0 Å². The minimum atomic E-state index is -1.39. The second-order valence-corrected chi connectivity index (χ2v) is 10.7. The van der Waals surface area contributed by atoms with E-state index in [1.807, 2.05) is 0 Å². The molecule has 0 saturated heterocycles. The molecule has 0 unspecified atom stereocenters. The fourth-order valence-corrected chi connectivity index (χ4v) is 4.21. The van der Waals surface area contributed by atoms with Crippen LogP contribution in [0.2, 0.25) is 19.6 Å². The van der Waals surface area contributed by atoms with Gasteiger partial charge in [-0.25, -0.2) is 0 Å². The highest BCUT2D eigenvalue weighted by Crippen LogP contribution is 2.34. The Hall–Kier alpha value is 0.617. The van der Waals surface area contributed by atoms with Gasteiger partial charge < -0.3 is 9.16 Å². The summed E-state index contributed by atoms with van der Waals surface area (Å²) in [6, 6.07) is 0. The average Bonchev–Trinajstić information content (AvgIpc) is 2.29. The Morgan fingerprint density at radius 2 is 1.93 bits per heavy atom. The standard InChI is InChI=1S/C10H21BrO2Si/c1-12-7-8-5-9(11)10(6-8)13-14(2,3)4/h8-10H,5-7H2,1-4H3/t8-,9+,10+/m1/s1. The van der Waals surface area contributed by atoms with E-state index in [-0.39, 0.29) is 0 Å². The fourth-order valence-electron chi connectivity index (χ4n) is 1.99. The zero-order valence-corrected chi connectivity index (χ0v) is 12.1. The maximum absolute atomic E-state index is 6.12. The lowest BCUT2D eigenvalue weighted by Crippen LogP contribution is -2.34. The first-order valence-electron chi connectivity index (χ1n) is 5.23. The van der Waals surface area contributed by atoms with Crippen LogP contribution in [0.5, 0.6) is 0 Å². The highest BCUT2D eigenvalue weighted by atomic mass is 79.9. The van der Waals surface area contributed by atoms with Crippen molar-refractivity contribution >= 4 is 24.2 Å². The van der Waals surface area contributed by atoms with Crippen molar-refractivity contribution in [3.05, 3.63) is 0 Å². The van der Waals surface area contributed by atoms with E-state index < -0.39 is 8.32 Å². The summed E-state index contributed by atoms with van der Waals surface area (Å²) in [7, 11) is 0.386. The molecule has 0 radical (unpaired) electrons. The normalized spacial score (nSPS) is 33.6. The van der Waals surface area contributed by atoms with Gasteiger partial charge in [-0.3, -0.25) is 0 Å². The van der Waals surface area contributed by atoms with Crippen LogP contribution in [0, 0.1) is 5.92 Å². The van der Waals surface area contributed by atoms with Crippen molar-refractivity contribution < 1.29 is 9.16 Å². The summed E-state index contributed by atoms with van der Waals surface area (Å²) in [5.74, 6) is 0.672. The summed E-state index contributed by atoms with van der Waals surface area (Å²) < 4.78 is 11.3. The fraction of sp³-hybridized carbons (Fsp3) is 1.00. The molecule has 1 aliphatic carbocycles. The lowest BCUT2D eigenvalue weighted by molar-refractivity contribution is 0.141. The molecule has 4 heteroatoms. The largest absolute Gasteiger partial charge is 0.414 e. The van der Waals surface area contributed by atoms with Crippen molar-refractivity contribution in [1.29, 1.82) is 0 Å². The monoisotopic (exact) mass is 280 g/mol. The molecule has 2 nitrogen and oxygen atoms in total. The van der Waals surface area contributed by atoms with Crippen LogP contribution in [0.4, 0.5) is 0 Å². The molecule has 0 N–H and O–H groups in total. The third-order valence-electron chi connectivity index (χ3n) is 2.43. The van der Waals surface area contributed by atoms with Gasteiger partial charge in [-0.2, -0.15) is 0 Å². The molecule has 3 atom stereocenters. The van der Waals surface area contributed by atoms with Crippen molar-refractivity contribution in [3.8, 4) is 0 Å². The molecule has 0 amide bonds. The van der Waals surface area contributed by atoms with E-state index in [9.17, 15) is 0 Å². The number of rotatable bonds is 4. The Balaban J connectivity index is 2.40. The van der Waals surface area contributed by atoms with Gasteiger partial charge in [-0.15, -0.1) is 0 Å². The number of hydrogen-bond acceptors (Lipinski definition) is 2. The van der Waals surface area contributed by atoms with E-state index in [4.69, 9.17) is 9.16 Å². The zero-order valence-electron chi connectivity index (χ0n) is 9.55. The number of methoxy groups -OCH3 is 1. The second kappa shape index (κ2) is 5.10. The van der Waals surface area contributed by atoms with Gasteiger partial charge in [0.1, 0.15) is 0 Å². The molecule has 84 valence electrons. The smallest absolute Gasteiger partial charge is 0.184 e. The molecule has 1 saturated carbocycles. The Morgan fingerprint density at radius 3 is 2.43 bits per heavy atom. The quantitative estimate of drug-likeness (QED) is 0.582. The Morgan fingerprint density at radius 1 is 1.29 bits per heavy atom. The van der Waals surface area contributed by atoms with Crippen LogP contribution < -0.4 is 0 Å². The molecular weight excluding hydrogens is 260 g/mol. The van der Waals surface area contributed by atoms with Gasteiger partial charge in [0, 0.05) is 18.5 Å². The summed E-state index contributed by atoms with van der Waals surface area (Å²) in [6.45, 7) is 7.61. The SMILES string of the molecule is COC[C@H]1C[C@H](O[Si](C)(C)C)[C@@H](Br)C1. The molecule has 14 heavy (non-hydrogen) atoms. The lowest BCUT2D eigenvalue weighted by Gasteiger charge is -2.25. The summed E-state index contributed by atoms with van der Waals surface area (Å²) in [5, 5.41) is 0. The first-order valence-corrected chi connectivity index (χ1v) is 9.55. The van der Waals surface area contributed by atoms with Crippen LogP contribution in [0.3, 0.4) is 0 Å². The van der Waals surface area contributed by atoms with Crippen molar-refractivity contribution in [1.82, 2.24) is 0 Å². The molecule has 1 rings (SSSR count). The van der Waals surface area contributed by atoms with Crippen molar-refractivity contribution in [2.24, 2.45) is 5.92 Å². The van der Waals surface area contributed by atoms with E-state index in [0.29, 0.717) is 16.8 Å². The maximum Gasteiger partial charge on any atom is 0.184 e. The predicted octanol–water partition coefficient (Wildman–Crippen LogP) is 3.03. The van der Waals surface area contributed by atoms with E-state index in [0.717, 1.165) is 13.0 Å². The lowest BCUT2D eigenvalue weighted by atomic mass is 10.1.